The predicted octanol–water partition coefficient (Wildman–Crippen LogP) is 2.12. The molecule has 0 heterocycles. The van der Waals surface area contributed by atoms with Crippen molar-refractivity contribution in [2.45, 2.75) is 6.42 Å². The third-order valence-electron chi connectivity index (χ3n) is 1.74. The number of ketones is 1. The van der Waals surface area contributed by atoms with Gasteiger partial charge >= 0.3 is 0 Å². The first-order valence-electron chi connectivity index (χ1n) is 3.99. The fraction of sp³-hybridized carbons (Fsp3) is 0.200. The van der Waals surface area contributed by atoms with E-state index in [-0.39, 0.29) is 12.2 Å². The van der Waals surface area contributed by atoms with Crippen LogP contribution in [0.5, 0.6) is 5.75 Å². The first-order valence-corrected chi connectivity index (χ1v) is 4.37. The summed E-state index contributed by atoms with van der Waals surface area (Å²) in [6, 6.07) is 4.67. The van der Waals surface area contributed by atoms with E-state index in [4.69, 9.17) is 16.3 Å². The number of hydrogen-bond acceptors (Lipinski definition) is 3. The van der Waals surface area contributed by atoms with Crippen LogP contribution in [0.3, 0.4) is 0 Å². The van der Waals surface area contributed by atoms with Gasteiger partial charge < -0.3 is 9.53 Å². The monoisotopic (exact) mass is 212 g/mol. The highest BCUT2D eigenvalue weighted by molar-refractivity contribution is 6.32. The molecule has 0 atom stereocenters. The van der Waals surface area contributed by atoms with Gasteiger partial charge in [0.25, 0.3) is 0 Å². The molecule has 1 aromatic carbocycles. The molecule has 0 fully saturated rings. The zero-order valence-electron chi connectivity index (χ0n) is 7.62. The number of carbonyl (C=O) groups excluding carboxylic acids is 2. The third-order valence-corrected chi connectivity index (χ3v) is 2.04. The molecule has 4 heteroatoms. The SMILES string of the molecule is COc1ccc(C(=O)CC=O)cc1Cl. The summed E-state index contributed by atoms with van der Waals surface area (Å²) in [5.74, 6) is 0.263. The van der Waals surface area contributed by atoms with E-state index in [1.807, 2.05) is 0 Å². The number of halogens is 1. The summed E-state index contributed by atoms with van der Waals surface area (Å²) < 4.78 is 4.93. The van der Waals surface area contributed by atoms with Crippen LogP contribution >= 0.6 is 11.6 Å². The van der Waals surface area contributed by atoms with E-state index in [2.05, 4.69) is 0 Å². The van der Waals surface area contributed by atoms with Crippen LogP contribution in [-0.4, -0.2) is 19.2 Å². The Morgan fingerprint density at radius 3 is 2.79 bits per heavy atom. The van der Waals surface area contributed by atoms with Crippen molar-refractivity contribution >= 4 is 23.7 Å². The molecule has 3 nitrogen and oxygen atoms in total. The molecule has 1 aromatic rings. The van der Waals surface area contributed by atoms with Crippen LogP contribution in [0, 0.1) is 0 Å². The summed E-state index contributed by atoms with van der Waals surface area (Å²) in [4.78, 5) is 21.4. The normalized spacial score (nSPS) is 9.57. The lowest BCUT2D eigenvalue weighted by molar-refractivity contribution is -0.107. The van der Waals surface area contributed by atoms with Crippen molar-refractivity contribution in [1.29, 1.82) is 0 Å². The molecule has 0 saturated carbocycles. The molecular weight excluding hydrogens is 204 g/mol. The van der Waals surface area contributed by atoms with E-state index in [1.54, 1.807) is 12.1 Å². The molecule has 0 aromatic heterocycles. The average Bonchev–Trinajstić information content (AvgIpc) is 2.18. The molecule has 0 aliphatic carbocycles. The van der Waals surface area contributed by atoms with Crippen LogP contribution in [0.15, 0.2) is 18.2 Å². The zero-order valence-corrected chi connectivity index (χ0v) is 8.38. The van der Waals surface area contributed by atoms with Gasteiger partial charge in [-0.15, -0.1) is 0 Å². The van der Waals surface area contributed by atoms with Crippen LogP contribution in [0.4, 0.5) is 0 Å². The lowest BCUT2D eigenvalue weighted by Gasteiger charge is -2.03. The van der Waals surface area contributed by atoms with Crippen LogP contribution in [0.2, 0.25) is 5.02 Å². The first-order chi connectivity index (χ1) is 6.69. The fourth-order valence-corrected chi connectivity index (χ4v) is 1.29. The molecule has 0 N–H and O–H groups in total. The van der Waals surface area contributed by atoms with E-state index < -0.39 is 0 Å². The van der Waals surface area contributed by atoms with Gasteiger partial charge in [-0.05, 0) is 18.2 Å². The number of ether oxygens (including phenoxy) is 1. The van der Waals surface area contributed by atoms with Crippen molar-refractivity contribution in [3.05, 3.63) is 28.8 Å². The summed E-state index contributed by atoms with van der Waals surface area (Å²) in [7, 11) is 1.49. The Bertz CT molecular complexity index is 360. The zero-order chi connectivity index (χ0) is 10.6. The molecular formula is C10H9ClO3. The molecule has 0 aliphatic heterocycles. The van der Waals surface area contributed by atoms with Gasteiger partial charge in [-0.1, -0.05) is 11.6 Å². The van der Waals surface area contributed by atoms with E-state index >= 15 is 0 Å². The lowest BCUT2D eigenvalue weighted by atomic mass is 10.1. The Kier molecular flexibility index (Phi) is 3.65. The maximum atomic E-state index is 11.3. The molecule has 1 rings (SSSR count). The second-order valence-corrected chi connectivity index (χ2v) is 3.05. The molecule has 0 aliphatic rings. The number of carbonyl (C=O) groups is 2. The van der Waals surface area contributed by atoms with Gasteiger partial charge in [0.05, 0.1) is 18.6 Å². The van der Waals surface area contributed by atoms with Gasteiger partial charge in [0.15, 0.2) is 5.78 Å². The Labute approximate surface area is 86.6 Å². The van der Waals surface area contributed by atoms with E-state index in [0.29, 0.717) is 22.6 Å². The van der Waals surface area contributed by atoms with Gasteiger partial charge in [0.2, 0.25) is 0 Å². The van der Waals surface area contributed by atoms with Gasteiger partial charge in [-0.25, -0.2) is 0 Å². The minimum atomic E-state index is -0.246. The largest absolute Gasteiger partial charge is 0.495 e. The summed E-state index contributed by atoms with van der Waals surface area (Å²) in [6.45, 7) is 0. The third kappa shape index (κ3) is 2.33. The fourth-order valence-electron chi connectivity index (χ4n) is 1.03. The first kappa shape index (κ1) is 10.7. The molecule has 14 heavy (non-hydrogen) atoms. The van der Waals surface area contributed by atoms with Crippen molar-refractivity contribution in [1.82, 2.24) is 0 Å². The second-order valence-electron chi connectivity index (χ2n) is 2.64. The minimum Gasteiger partial charge on any atom is -0.495 e. The molecule has 0 spiro atoms. The molecule has 0 amide bonds. The summed E-state index contributed by atoms with van der Waals surface area (Å²) in [5.41, 5.74) is 0.419. The van der Waals surface area contributed by atoms with Gasteiger partial charge in [-0.3, -0.25) is 4.79 Å². The summed E-state index contributed by atoms with van der Waals surface area (Å²) >= 11 is 5.81. The Morgan fingerprint density at radius 2 is 2.29 bits per heavy atom. The van der Waals surface area contributed by atoms with E-state index in [1.165, 1.54) is 13.2 Å². The Balaban J connectivity index is 2.96. The quantitative estimate of drug-likeness (QED) is 0.436. The van der Waals surface area contributed by atoms with Crippen molar-refractivity contribution in [2.75, 3.05) is 7.11 Å². The molecule has 0 saturated heterocycles. The van der Waals surface area contributed by atoms with Gasteiger partial charge in [0.1, 0.15) is 12.0 Å². The highest BCUT2D eigenvalue weighted by Crippen LogP contribution is 2.25. The topological polar surface area (TPSA) is 43.4 Å². The minimum absolute atomic E-state index is 0.122. The van der Waals surface area contributed by atoms with Crippen molar-refractivity contribution in [3.8, 4) is 5.75 Å². The Morgan fingerprint density at radius 1 is 1.57 bits per heavy atom. The van der Waals surface area contributed by atoms with Crippen LogP contribution in [0.25, 0.3) is 0 Å². The van der Waals surface area contributed by atoms with Gasteiger partial charge in [-0.2, -0.15) is 0 Å². The highest BCUT2D eigenvalue weighted by Gasteiger charge is 2.08. The van der Waals surface area contributed by atoms with Crippen LogP contribution < -0.4 is 4.74 Å². The number of methoxy groups -OCH3 is 1. The summed E-state index contributed by atoms with van der Waals surface area (Å²) in [6.07, 6.45) is 0.448. The number of hydrogen-bond donors (Lipinski definition) is 0. The average molecular weight is 213 g/mol. The van der Waals surface area contributed by atoms with Gasteiger partial charge in [0, 0.05) is 5.56 Å². The molecule has 0 bridgehead atoms. The molecule has 0 radical (unpaired) electrons. The standard InChI is InChI=1S/C10H9ClO3/c1-14-10-3-2-7(6-8(10)11)9(13)4-5-12/h2-3,5-6H,4H2,1H3. The van der Waals surface area contributed by atoms with Crippen molar-refractivity contribution in [3.63, 3.8) is 0 Å². The summed E-state index contributed by atoms with van der Waals surface area (Å²) in [5, 5.41) is 0.365. The number of aldehydes is 1. The Hall–Kier alpha value is -1.35. The number of rotatable bonds is 4. The van der Waals surface area contributed by atoms with E-state index in [9.17, 15) is 9.59 Å². The maximum Gasteiger partial charge on any atom is 0.169 e. The predicted molar refractivity (Wildman–Crippen MR) is 53.0 cm³/mol. The van der Waals surface area contributed by atoms with Crippen LogP contribution in [-0.2, 0) is 4.79 Å². The lowest BCUT2D eigenvalue weighted by Crippen LogP contribution is -1.99. The maximum absolute atomic E-state index is 11.3. The molecule has 74 valence electrons. The molecule has 0 unspecified atom stereocenters. The smallest absolute Gasteiger partial charge is 0.169 e. The van der Waals surface area contributed by atoms with Crippen molar-refractivity contribution in [2.24, 2.45) is 0 Å². The van der Waals surface area contributed by atoms with Crippen LogP contribution in [0.1, 0.15) is 16.8 Å². The number of Topliss-reactive ketones (excluding diaryl/α,β-unsaturated/α-hetero) is 1. The highest BCUT2D eigenvalue weighted by atomic mass is 35.5. The van der Waals surface area contributed by atoms with E-state index in [0.717, 1.165) is 0 Å². The number of benzene rings is 1. The second kappa shape index (κ2) is 4.77. The van der Waals surface area contributed by atoms with Crippen molar-refractivity contribution < 1.29 is 14.3 Å².